The minimum Gasteiger partial charge on any atom is -0.353 e. The quantitative estimate of drug-likeness (QED) is 0.176. The molecular weight excluding hydrogens is 608 g/mol. The minimum atomic E-state index is -1.80. The SMILES string of the molecule is Cc1cc(P2(=Nc3ccc(C(C)C)cc3)CCCCC2)c2[nH]c3c(P4(=Nc5ccc(C(C)C)cc5)CCCCC4)cc(C)cc3c2c1. The molecule has 0 amide bonds. The Labute approximate surface area is 283 Å². The molecule has 47 heavy (non-hydrogen) atoms. The summed E-state index contributed by atoms with van der Waals surface area (Å²) in [6, 6.07) is 28.2. The maximum absolute atomic E-state index is 5.78. The molecule has 3 heterocycles. The lowest BCUT2D eigenvalue weighted by molar-refractivity contribution is 0.751. The highest BCUT2D eigenvalue weighted by atomic mass is 31.2. The van der Waals surface area contributed by atoms with Crippen LogP contribution in [0.5, 0.6) is 0 Å². The van der Waals surface area contributed by atoms with E-state index in [0.717, 1.165) is 11.4 Å². The molecule has 5 aromatic rings. The van der Waals surface area contributed by atoms with E-state index in [-0.39, 0.29) is 0 Å². The zero-order valence-electron chi connectivity index (χ0n) is 29.4. The molecule has 246 valence electrons. The van der Waals surface area contributed by atoms with Crippen LogP contribution in [0.4, 0.5) is 11.4 Å². The summed E-state index contributed by atoms with van der Waals surface area (Å²) in [6.45, 7) is 13.7. The van der Waals surface area contributed by atoms with Gasteiger partial charge in [0.15, 0.2) is 0 Å². The zero-order chi connectivity index (χ0) is 32.8. The number of hydrogen-bond acceptors (Lipinski definition) is 2. The second-order valence-corrected chi connectivity index (χ2v) is 21.9. The maximum Gasteiger partial charge on any atom is 0.0617 e. The van der Waals surface area contributed by atoms with Gasteiger partial charge in [0.25, 0.3) is 0 Å². The van der Waals surface area contributed by atoms with Crippen LogP contribution in [0.3, 0.4) is 0 Å². The third-order valence-corrected chi connectivity index (χ3v) is 18.8. The number of aryl methyl sites for hydroxylation is 2. The minimum absolute atomic E-state index is 0.532. The highest BCUT2D eigenvalue weighted by molar-refractivity contribution is 7.75. The number of nitrogens with one attached hydrogen (secondary N) is 1. The zero-order valence-corrected chi connectivity index (χ0v) is 31.2. The molecule has 0 atom stereocenters. The first-order valence-electron chi connectivity index (χ1n) is 18.1. The Hall–Kier alpha value is -2.86. The Bertz CT molecular complexity index is 1860. The average molecular weight is 662 g/mol. The number of hydrogen-bond donors (Lipinski definition) is 1. The van der Waals surface area contributed by atoms with Crippen molar-refractivity contribution in [2.75, 3.05) is 24.6 Å². The van der Waals surface area contributed by atoms with Crippen molar-refractivity contribution >= 4 is 57.9 Å². The average Bonchev–Trinajstić information content (AvgIpc) is 3.43. The van der Waals surface area contributed by atoms with Crippen molar-refractivity contribution in [2.45, 2.75) is 91.9 Å². The van der Waals surface area contributed by atoms with Crippen molar-refractivity contribution < 1.29 is 0 Å². The number of fused-ring (bicyclic) bond motifs is 3. The van der Waals surface area contributed by atoms with Gasteiger partial charge in [0, 0.05) is 35.5 Å². The van der Waals surface area contributed by atoms with Crippen molar-refractivity contribution in [1.29, 1.82) is 0 Å². The van der Waals surface area contributed by atoms with E-state index in [0.29, 0.717) is 11.8 Å². The molecule has 0 saturated carbocycles. The molecule has 0 bridgehead atoms. The second kappa shape index (κ2) is 13.2. The molecular formula is C42H53N3P2. The molecule has 5 heteroatoms. The van der Waals surface area contributed by atoms with E-state index in [9.17, 15) is 0 Å². The number of aromatic nitrogens is 1. The summed E-state index contributed by atoms with van der Waals surface area (Å²) in [5.74, 6) is 1.06. The Balaban J connectivity index is 1.47. The summed E-state index contributed by atoms with van der Waals surface area (Å²) in [4.78, 5) is 4.17. The van der Waals surface area contributed by atoms with Crippen molar-refractivity contribution in [3.8, 4) is 0 Å². The van der Waals surface area contributed by atoms with Gasteiger partial charge in [0.05, 0.1) is 22.4 Å². The monoisotopic (exact) mass is 661 g/mol. The lowest BCUT2D eigenvalue weighted by atomic mass is 10.0. The predicted molar refractivity (Wildman–Crippen MR) is 211 cm³/mol. The van der Waals surface area contributed by atoms with E-state index in [1.807, 2.05) is 0 Å². The van der Waals surface area contributed by atoms with E-state index in [1.54, 1.807) is 0 Å². The topological polar surface area (TPSA) is 40.5 Å². The van der Waals surface area contributed by atoms with Crippen LogP contribution in [-0.4, -0.2) is 29.6 Å². The van der Waals surface area contributed by atoms with Crippen LogP contribution in [0, 0.1) is 13.8 Å². The lowest BCUT2D eigenvalue weighted by Gasteiger charge is -2.30. The Morgan fingerprint density at radius 2 is 0.872 bits per heavy atom. The smallest absolute Gasteiger partial charge is 0.0617 e. The largest absolute Gasteiger partial charge is 0.353 e. The van der Waals surface area contributed by atoms with Crippen LogP contribution in [0.15, 0.2) is 82.3 Å². The van der Waals surface area contributed by atoms with E-state index < -0.39 is 14.1 Å². The van der Waals surface area contributed by atoms with Gasteiger partial charge in [-0.15, -0.1) is 0 Å². The number of H-pyrrole nitrogens is 1. The fourth-order valence-electron chi connectivity index (χ4n) is 8.16. The van der Waals surface area contributed by atoms with Gasteiger partial charge in [0.2, 0.25) is 0 Å². The summed E-state index contributed by atoms with van der Waals surface area (Å²) in [6.07, 6.45) is 12.5. The van der Waals surface area contributed by atoms with Crippen LogP contribution < -0.4 is 10.6 Å². The predicted octanol–water partition coefficient (Wildman–Crippen LogP) is 12.9. The highest BCUT2D eigenvalue weighted by Gasteiger charge is 2.32. The van der Waals surface area contributed by atoms with Crippen molar-refractivity contribution in [3.05, 3.63) is 95.1 Å². The van der Waals surface area contributed by atoms with Gasteiger partial charge in [-0.05, 0) is 147 Å². The first-order valence-corrected chi connectivity index (χ1v) is 22.4. The van der Waals surface area contributed by atoms with Crippen LogP contribution in [0.25, 0.3) is 21.8 Å². The van der Waals surface area contributed by atoms with Crippen molar-refractivity contribution in [3.63, 3.8) is 0 Å². The molecule has 1 aromatic heterocycles. The van der Waals surface area contributed by atoms with Gasteiger partial charge < -0.3 is 4.98 Å². The third kappa shape index (κ3) is 6.36. The van der Waals surface area contributed by atoms with E-state index in [2.05, 4.69) is 119 Å². The summed E-state index contributed by atoms with van der Waals surface area (Å²) < 4.78 is 11.6. The van der Waals surface area contributed by atoms with E-state index >= 15 is 0 Å². The molecule has 4 aromatic carbocycles. The fourth-order valence-corrected chi connectivity index (χ4v) is 16.4. The van der Waals surface area contributed by atoms with E-state index in [4.69, 9.17) is 9.49 Å². The first kappa shape index (κ1) is 32.7. The molecule has 0 aliphatic carbocycles. The number of rotatable bonds is 6. The van der Waals surface area contributed by atoms with Gasteiger partial charge in [-0.25, -0.2) is 0 Å². The van der Waals surface area contributed by atoms with Gasteiger partial charge in [0.1, 0.15) is 0 Å². The second-order valence-electron chi connectivity index (χ2n) is 15.1. The number of aromatic amines is 1. The van der Waals surface area contributed by atoms with Crippen LogP contribution in [0.2, 0.25) is 0 Å². The molecule has 1 N–H and O–H groups in total. The Morgan fingerprint density at radius 3 is 1.21 bits per heavy atom. The Kier molecular flexibility index (Phi) is 9.19. The van der Waals surface area contributed by atoms with Gasteiger partial charge in [-0.1, -0.05) is 64.8 Å². The van der Waals surface area contributed by atoms with Crippen LogP contribution in [-0.2, 0) is 0 Å². The van der Waals surface area contributed by atoms with Gasteiger partial charge in [-0.2, -0.15) is 0 Å². The maximum atomic E-state index is 5.78. The molecule has 7 rings (SSSR count). The molecule has 0 unspecified atom stereocenters. The summed E-state index contributed by atoms with van der Waals surface area (Å²) in [5, 5.41) is 5.76. The van der Waals surface area contributed by atoms with Crippen LogP contribution in [0.1, 0.15) is 100 Å². The Morgan fingerprint density at radius 1 is 0.511 bits per heavy atom. The first-order chi connectivity index (χ1) is 22.7. The third-order valence-electron chi connectivity index (χ3n) is 10.8. The van der Waals surface area contributed by atoms with E-state index in [1.165, 1.54) is 118 Å². The molecule has 0 spiro atoms. The standard InChI is InChI=1S/C42H53N3P2/c1-29(2)33-13-17-35(18-14-33)44-46(21-9-7-10-22-46)39-27-31(5)25-37-38-26-32(6)28-40(42(38)43-41(37)39)47(23-11-8-12-24-47)45-36-19-15-34(16-20-36)30(3)4/h13-20,25-30,43H,7-12,21-24H2,1-6H3. The lowest BCUT2D eigenvalue weighted by Crippen LogP contribution is -2.17. The molecule has 0 radical (unpaired) electrons. The fraction of sp³-hybridized carbons (Fsp3) is 0.429. The van der Waals surface area contributed by atoms with Crippen LogP contribution >= 0.6 is 14.1 Å². The normalized spacial score (nSPS) is 17.9. The molecule has 2 fully saturated rings. The molecule has 2 saturated heterocycles. The van der Waals surface area contributed by atoms with Gasteiger partial charge >= 0.3 is 0 Å². The molecule has 3 nitrogen and oxygen atoms in total. The summed E-state index contributed by atoms with van der Waals surface area (Å²) in [7, 11) is -3.59. The van der Waals surface area contributed by atoms with Crippen molar-refractivity contribution in [1.82, 2.24) is 4.98 Å². The number of benzene rings is 4. The number of nitrogens with zero attached hydrogens (tertiary/aromatic N) is 2. The molecule has 2 aliphatic rings. The van der Waals surface area contributed by atoms with Gasteiger partial charge in [-0.3, -0.25) is 9.49 Å². The molecule has 2 aliphatic heterocycles. The summed E-state index contributed by atoms with van der Waals surface area (Å²) >= 11 is 0. The highest BCUT2D eigenvalue weighted by Crippen LogP contribution is 2.58. The van der Waals surface area contributed by atoms with Crippen molar-refractivity contribution in [2.24, 2.45) is 9.49 Å². The summed E-state index contributed by atoms with van der Waals surface area (Å²) in [5.41, 5.74) is 10.5.